The Morgan fingerprint density at radius 2 is 2.31 bits per heavy atom. The Kier molecular flexibility index (Phi) is 2.60. The van der Waals surface area contributed by atoms with Gasteiger partial charge in [-0.3, -0.25) is 0 Å². The molecule has 1 aliphatic carbocycles. The fourth-order valence-electron chi connectivity index (χ4n) is 0.885. The predicted molar refractivity (Wildman–Crippen MR) is 52.5 cm³/mol. The van der Waals surface area contributed by atoms with Gasteiger partial charge in [-0.25, -0.2) is 4.98 Å². The van der Waals surface area contributed by atoms with Crippen LogP contribution in [0.4, 0.5) is 0 Å². The summed E-state index contributed by atoms with van der Waals surface area (Å²) < 4.78 is 5.50. The van der Waals surface area contributed by atoms with Gasteiger partial charge < -0.3 is 4.74 Å². The molecule has 0 bridgehead atoms. The first-order valence-electron chi connectivity index (χ1n) is 4.03. The number of aromatic nitrogens is 2. The van der Waals surface area contributed by atoms with Gasteiger partial charge in [0.25, 0.3) is 0 Å². The largest absolute Gasteiger partial charge is 0.474 e. The first-order chi connectivity index (χ1) is 6.28. The van der Waals surface area contributed by atoms with E-state index in [2.05, 4.69) is 9.97 Å². The molecule has 0 aliphatic heterocycles. The Labute approximate surface area is 85.9 Å². The van der Waals surface area contributed by atoms with Gasteiger partial charge in [0.1, 0.15) is 11.3 Å². The molecular weight excluding hydrogens is 208 g/mol. The highest BCUT2D eigenvalue weighted by atomic mass is 35.5. The highest BCUT2D eigenvalue weighted by molar-refractivity contribution is 7.98. The first kappa shape index (κ1) is 9.09. The lowest BCUT2D eigenvalue weighted by atomic mass is 10.6. The Morgan fingerprint density at radius 1 is 1.54 bits per heavy atom. The van der Waals surface area contributed by atoms with E-state index in [1.807, 2.05) is 6.26 Å². The summed E-state index contributed by atoms with van der Waals surface area (Å²) in [5, 5.41) is 1.10. The summed E-state index contributed by atoms with van der Waals surface area (Å²) in [6.45, 7) is 0. The molecule has 1 aliphatic rings. The molecule has 3 nitrogen and oxygen atoms in total. The number of rotatable bonds is 3. The number of hydrogen-bond acceptors (Lipinski definition) is 4. The first-order valence-corrected chi connectivity index (χ1v) is 5.63. The van der Waals surface area contributed by atoms with E-state index in [0.717, 1.165) is 12.8 Å². The maximum Gasteiger partial charge on any atom is 0.219 e. The van der Waals surface area contributed by atoms with Crippen molar-refractivity contribution in [2.75, 3.05) is 6.26 Å². The molecule has 1 fully saturated rings. The van der Waals surface area contributed by atoms with Crippen LogP contribution in [0.3, 0.4) is 0 Å². The van der Waals surface area contributed by atoms with Crippen LogP contribution < -0.4 is 4.74 Å². The van der Waals surface area contributed by atoms with Gasteiger partial charge in [-0.1, -0.05) is 23.4 Å². The Hall–Kier alpha value is -0.480. The number of ether oxygens (including phenoxy) is 1. The summed E-state index contributed by atoms with van der Waals surface area (Å²) >= 11 is 7.25. The maximum absolute atomic E-state index is 5.79. The summed E-state index contributed by atoms with van der Waals surface area (Å²) in [5.41, 5.74) is 0. The molecule has 70 valence electrons. The van der Waals surface area contributed by atoms with E-state index in [1.165, 1.54) is 11.8 Å². The summed E-state index contributed by atoms with van der Waals surface area (Å²) in [6, 6.07) is 1.65. The average Bonchev–Trinajstić information content (AvgIpc) is 2.87. The van der Waals surface area contributed by atoms with Crippen molar-refractivity contribution in [3.05, 3.63) is 11.2 Å². The third-order valence-corrected chi connectivity index (χ3v) is 2.39. The van der Waals surface area contributed by atoms with Crippen molar-refractivity contribution >= 4 is 23.4 Å². The molecule has 2 rings (SSSR count). The maximum atomic E-state index is 5.79. The minimum absolute atomic E-state index is 0.348. The Morgan fingerprint density at radius 3 is 2.92 bits per heavy atom. The minimum atomic E-state index is 0.348. The van der Waals surface area contributed by atoms with E-state index in [0.29, 0.717) is 22.3 Å². The molecule has 1 heterocycles. The van der Waals surface area contributed by atoms with Crippen LogP contribution in [0.5, 0.6) is 5.88 Å². The lowest BCUT2D eigenvalue weighted by Gasteiger charge is -2.04. The molecule has 0 saturated heterocycles. The standard InChI is InChI=1S/C8H9ClN2OS/c1-13-8-10-6(9)4-7(11-8)12-5-2-3-5/h4-5H,2-3H2,1H3. The van der Waals surface area contributed by atoms with Crippen molar-refractivity contribution in [1.82, 2.24) is 9.97 Å². The van der Waals surface area contributed by atoms with Crippen LogP contribution >= 0.6 is 23.4 Å². The van der Waals surface area contributed by atoms with Crippen molar-refractivity contribution < 1.29 is 4.74 Å². The number of thioether (sulfide) groups is 1. The number of hydrogen-bond donors (Lipinski definition) is 0. The van der Waals surface area contributed by atoms with Crippen LogP contribution in [0.2, 0.25) is 5.15 Å². The monoisotopic (exact) mass is 216 g/mol. The van der Waals surface area contributed by atoms with Crippen LogP contribution in [0.25, 0.3) is 0 Å². The van der Waals surface area contributed by atoms with Gasteiger partial charge in [0.2, 0.25) is 5.88 Å². The highest BCUT2D eigenvalue weighted by Crippen LogP contribution is 2.27. The van der Waals surface area contributed by atoms with E-state index in [-0.39, 0.29) is 0 Å². The highest BCUT2D eigenvalue weighted by Gasteiger charge is 2.24. The van der Waals surface area contributed by atoms with E-state index in [9.17, 15) is 0 Å². The fourth-order valence-corrected chi connectivity index (χ4v) is 1.48. The summed E-state index contributed by atoms with van der Waals surface area (Å²) in [7, 11) is 0. The molecule has 0 radical (unpaired) electrons. The third-order valence-electron chi connectivity index (χ3n) is 1.65. The third kappa shape index (κ3) is 2.48. The molecule has 1 aromatic heterocycles. The summed E-state index contributed by atoms with van der Waals surface area (Å²) in [6.07, 6.45) is 4.50. The van der Waals surface area contributed by atoms with Crippen LogP contribution in [0.15, 0.2) is 11.2 Å². The molecule has 0 unspecified atom stereocenters. The van der Waals surface area contributed by atoms with E-state index in [4.69, 9.17) is 16.3 Å². The molecule has 0 spiro atoms. The van der Waals surface area contributed by atoms with Crippen molar-refractivity contribution in [3.8, 4) is 5.88 Å². The van der Waals surface area contributed by atoms with E-state index >= 15 is 0 Å². The molecule has 13 heavy (non-hydrogen) atoms. The van der Waals surface area contributed by atoms with Crippen LogP contribution in [-0.4, -0.2) is 22.3 Å². The van der Waals surface area contributed by atoms with Gasteiger partial charge >= 0.3 is 0 Å². The molecule has 0 amide bonds. The molecule has 5 heteroatoms. The smallest absolute Gasteiger partial charge is 0.219 e. The van der Waals surface area contributed by atoms with Gasteiger partial charge in [0, 0.05) is 6.07 Å². The summed E-state index contributed by atoms with van der Waals surface area (Å²) in [5.74, 6) is 0.590. The van der Waals surface area contributed by atoms with Crippen molar-refractivity contribution in [1.29, 1.82) is 0 Å². The second-order valence-electron chi connectivity index (χ2n) is 2.83. The fraction of sp³-hybridized carbons (Fsp3) is 0.500. The van der Waals surface area contributed by atoms with Gasteiger partial charge in [-0.05, 0) is 19.1 Å². The Balaban J connectivity index is 2.17. The van der Waals surface area contributed by atoms with Gasteiger partial charge in [0.15, 0.2) is 5.16 Å². The molecule has 1 aromatic rings. The van der Waals surface area contributed by atoms with Crippen molar-refractivity contribution in [3.63, 3.8) is 0 Å². The van der Waals surface area contributed by atoms with Gasteiger partial charge in [0.05, 0.1) is 0 Å². The van der Waals surface area contributed by atoms with Gasteiger partial charge in [-0.15, -0.1) is 0 Å². The lowest BCUT2D eigenvalue weighted by Crippen LogP contribution is -1.99. The SMILES string of the molecule is CSc1nc(Cl)cc(OC2CC2)n1. The lowest BCUT2D eigenvalue weighted by molar-refractivity contribution is 0.288. The predicted octanol–water partition coefficient (Wildman–Crippen LogP) is 2.39. The molecule has 1 saturated carbocycles. The van der Waals surface area contributed by atoms with E-state index < -0.39 is 0 Å². The number of halogens is 1. The van der Waals surface area contributed by atoms with Crippen LogP contribution in [-0.2, 0) is 0 Å². The van der Waals surface area contributed by atoms with Crippen LogP contribution in [0, 0.1) is 0 Å². The molecular formula is C8H9ClN2OS. The van der Waals surface area contributed by atoms with Crippen molar-refractivity contribution in [2.45, 2.75) is 24.1 Å². The molecule has 0 atom stereocenters. The zero-order chi connectivity index (χ0) is 9.26. The molecule has 0 N–H and O–H groups in total. The van der Waals surface area contributed by atoms with Crippen molar-refractivity contribution in [2.24, 2.45) is 0 Å². The summed E-state index contributed by atoms with van der Waals surface area (Å²) in [4.78, 5) is 8.19. The van der Waals surface area contributed by atoms with Gasteiger partial charge in [-0.2, -0.15) is 4.98 Å². The average molecular weight is 217 g/mol. The minimum Gasteiger partial charge on any atom is -0.474 e. The normalized spacial score (nSPS) is 15.8. The Bertz CT molecular complexity index is 317. The molecule has 0 aromatic carbocycles. The topological polar surface area (TPSA) is 35.0 Å². The zero-order valence-corrected chi connectivity index (χ0v) is 8.73. The second kappa shape index (κ2) is 3.72. The van der Waals surface area contributed by atoms with E-state index in [1.54, 1.807) is 6.07 Å². The van der Waals surface area contributed by atoms with Crippen LogP contribution in [0.1, 0.15) is 12.8 Å². The second-order valence-corrected chi connectivity index (χ2v) is 3.99. The number of nitrogens with zero attached hydrogens (tertiary/aromatic N) is 2. The quantitative estimate of drug-likeness (QED) is 0.442. The zero-order valence-electron chi connectivity index (χ0n) is 7.16.